The minimum absolute atomic E-state index is 0. The zero-order valence-electron chi connectivity index (χ0n) is 12.7. The molecule has 1 aromatic carbocycles. The normalized spacial score (nSPS) is 20.9. The maximum absolute atomic E-state index is 12.6. The van der Waals surface area contributed by atoms with E-state index in [0.717, 1.165) is 13.0 Å². The number of hydrogen-bond donors (Lipinski definition) is 1. The van der Waals surface area contributed by atoms with Gasteiger partial charge in [0.15, 0.2) is 11.5 Å². The SMILES string of the molecule is COc1cccc(C(=O)N2CCC(C)(CN)C2)c1OC.Cl. The summed E-state index contributed by atoms with van der Waals surface area (Å²) in [4.78, 5) is 14.5. The predicted octanol–water partition coefficient (Wildman–Crippen LogP) is 1.94. The molecule has 118 valence electrons. The van der Waals surface area contributed by atoms with Gasteiger partial charge in [0.1, 0.15) is 0 Å². The van der Waals surface area contributed by atoms with Crippen molar-refractivity contribution < 1.29 is 14.3 Å². The zero-order valence-corrected chi connectivity index (χ0v) is 13.5. The molecule has 0 aromatic heterocycles. The molecule has 1 unspecified atom stereocenters. The second kappa shape index (κ2) is 7.00. The van der Waals surface area contributed by atoms with Crippen LogP contribution in [0.4, 0.5) is 0 Å². The van der Waals surface area contributed by atoms with Crippen LogP contribution in [0.3, 0.4) is 0 Å². The van der Waals surface area contributed by atoms with Gasteiger partial charge in [0.25, 0.3) is 5.91 Å². The molecule has 2 rings (SSSR count). The molecule has 1 saturated heterocycles. The average Bonchev–Trinajstić information content (AvgIpc) is 2.88. The molecule has 5 nitrogen and oxygen atoms in total. The van der Waals surface area contributed by atoms with Gasteiger partial charge in [-0.05, 0) is 30.5 Å². The van der Waals surface area contributed by atoms with Crippen molar-refractivity contribution in [3.8, 4) is 11.5 Å². The number of hydrogen-bond acceptors (Lipinski definition) is 4. The Morgan fingerprint density at radius 1 is 1.38 bits per heavy atom. The number of para-hydroxylation sites is 1. The molecule has 1 fully saturated rings. The molecule has 1 heterocycles. The van der Waals surface area contributed by atoms with Gasteiger partial charge in [-0.1, -0.05) is 13.0 Å². The first-order chi connectivity index (χ1) is 9.54. The lowest BCUT2D eigenvalue weighted by molar-refractivity contribution is 0.0773. The standard InChI is InChI=1S/C15H22N2O3.ClH/c1-15(9-16)7-8-17(10-15)14(18)11-5-4-6-12(19-2)13(11)20-3;/h4-6H,7-10,16H2,1-3H3;1H. The Kier molecular flexibility index (Phi) is 5.87. The fourth-order valence-electron chi connectivity index (χ4n) is 2.59. The number of carbonyl (C=O) groups is 1. The number of ether oxygens (including phenoxy) is 2. The third kappa shape index (κ3) is 3.41. The molecule has 0 radical (unpaired) electrons. The fourth-order valence-corrected chi connectivity index (χ4v) is 2.59. The number of nitrogens with zero attached hydrogens (tertiary/aromatic N) is 1. The van der Waals surface area contributed by atoms with Crippen LogP contribution in [0.5, 0.6) is 11.5 Å². The monoisotopic (exact) mass is 314 g/mol. The number of methoxy groups -OCH3 is 2. The summed E-state index contributed by atoms with van der Waals surface area (Å²) in [6.07, 6.45) is 0.932. The summed E-state index contributed by atoms with van der Waals surface area (Å²) in [5.41, 5.74) is 6.34. The van der Waals surface area contributed by atoms with E-state index >= 15 is 0 Å². The van der Waals surface area contributed by atoms with Crippen LogP contribution in [0.15, 0.2) is 18.2 Å². The van der Waals surface area contributed by atoms with Gasteiger partial charge >= 0.3 is 0 Å². The van der Waals surface area contributed by atoms with E-state index in [-0.39, 0.29) is 23.7 Å². The predicted molar refractivity (Wildman–Crippen MR) is 84.5 cm³/mol. The summed E-state index contributed by atoms with van der Waals surface area (Å²) in [6.45, 7) is 4.12. The Hall–Kier alpha value is -1.46. The number of benzene rings is 1. The van der Waals surface area contributed by atoms with Crippen molar-refractivity contribution >= 4 is 18.3 Å². The van der Waals surface area contributed by atoms with Gasteiger partial charge < -0.3 is 20.1 Å². The average molecular weight is 315 g/mol. The molecule has 1 amide bonds. The molecule has 6 heteroatoms. The van der Waals surface area contributed by atoms with Gasteiger partial charge in [-0.3, -0.25) is 4.79 Å². The topological polar surface area (TPSA) is 64.8 Å². The molecule has 2 N–H and O–H groups in total. The Morgan fingerprint density at radius 3 is 2.62 bits per heavy atom. The van der Waals surface area contributed by atoms with Gasteiger partial charge in [-0.25, -0.2) is 0 Å². The Balaban J connectivity index is 0.00000220. The number of likely N-dealkylation sites (tertiary alicyclic amines) is 1. The van der Waals surface area contributed by atoms with Crippen LogP contribution >= 0.6 is 12.4 Å². The van der Waals surface area contributed by atoms with Crippen molar-refractivity contribution in [3.63, 3.8) is 0 Å². The first kappa shape index (κ1) is 17.6. The van der Waals surface area contributed by atoms with Crippen LogP contribution in [0.2, 0.25) is 0 Å². The number of nitrogens with two attached hydrogens (primary N) is 1. The molecular weight excluding hydrogens is 292 g/mol. The molecule has 1 aliphatic rings. The lowest BCUT2D eigenvalue weighted by Gasteiger charge is -2.23. The summed E-state index contributed by atoms with van der Waals surface area (Å²) in [7, 11) is 3.11. The fraction of sp³-hybridized carbons (Fsp3) is 0.533. The number of amides is 1. The van der Waals surface area contributed by atoms with Crippen LogP contribution in [0.25, 0.3) is 0 Å². The van der Waals surface area contributed by atoms with E-state index in [1.807, 2.05) is 4.90 Å². The van der Waals surface area contributed by atoms with E-state index in [1.165, 1.54) is 0 Å². The lowest BCUT2D eigenvalue weighted by Crippen LogP contribution is -2.34. The summed E-state index contributed by atoms with van der Waals surface area (Å²) in [5.74, 6) is 1.03. The Bertz CT molecular complexity index is 510. The van der Waals surface area contributed by atoms with E-state index in [1.54, 1.807) is 32.4 Å². The number of rotatable bonds is 4. The highest BCUT2D eigenvalue weighted by Crippen LogP contribution is 2.34. The largest absolute Gasteiger partial charge is 0.493 e. The summed E-state index contributed by atoms with van der Waals surface area (Å²) < 4.78 is 10.6. The first-order valence-electron chi connectivity index (χ1n) is 6.75. The van der Waals surface area contributed by atoms with E-state index in [9.17, 15) is 4.79 Å². The summed E-state index contributed by atoms with van der Waals surface area (Å²) in [6, 6.07) is 5.35. The number of halogens is 1. The number of carbonyl (C=O) groups excluding carboxylic acids is 1. The van der Waals surface area contributed by atoms with Crippen LogP contribution in [0, 0.1) is 5.41 Å². The Labute approximate surface area is 131 Å². The molecule has 1 aliphatic heterocycles. The van der Waals surface area contributed by atoms with Gasteiger partial charge in [-0.2, -0.15) is 0 Å². The van der Waals surface area contributed by atoms with Crippen LogP contribution in [0.1, 0.15) is 23.7 Å². The maximum atomic E-state index is 12.6. The van der Waals surface area contributed by atoms with Crippen molar-refractivity contribution in [2.75, 3.05) is 33.9 Å². The van der Waals surface area contributed by atoms with E-state index in [0.29, 0.717) is 30.2 Å². The zero-order chi connectivity index (χ0) is 14.8. The highest BCUT2D eigenvalue weighted by Gasteiger charge is 2.36. The third-order valence-corrected chi connectivity index (χ3v) is 3.97. The van der Waals surface area contributed by atoms with Gasteiger partial charge in [0.2, 0.25) is 0 Å². The minimum Gasteiger partial charge on any atom is -0.493 e. The molecule has 21 heavy (non-hydrogen) atoms. The second-order valence-corrected chi connectivity index (χ2v) is 5.53. The van der Waals surface area contributed by atoms with E-state index in [2.05, 4.69) is 6.92 Å². The van der Waals surface area contributed by atoms with Crippen LogP contribution < -0.4 is 15.2 Å². The third-order valence-electron chi connectivity index (χ3n) is 3.97. The molecule has 1 aromatic rings. The first-order valence-corrected chi connectivity index (χ1v) is 6.75. The van der Waals surface area contributed by atoms with Crippen molar-refractivity contribution in [2.45, 2.75) is 13.3 Å². The molecular formula is C15H23ClN2O3. The molecule has 0 aliphatic carbocycles. The molecule has 0 spiro atoms. The van der Waals surface area contributed by atoms with Gasteiger partial charge in [-0.15, -0.1) is 12.4 Å². The van der Waals surface area contributed by atoms with Crippen LogP contribution in [-0.4, -0.2) is 44.7 Å². The van der Waals surface area contributed by atoms with Crippen molar-refractivity contribution in [3.05, 3.63) is 23.8 Å². The maximum Gasteiger partial charge on any atom is 0.257 e. The van der Waals surface area contributed by atoms with Crippen molar-refractivity contribution in [2.24, 2.45) is 11.1 Å². The molecule has 1 atom stereocenters. The van der Waals surface area contributed by atoms with Gasteiger partial charge in [0, 0.05) is 13.1 Å². The van der Waals surface area contributed by atoms with Crippen molar-refractivity contribution in [1.29, 1.82) is 0 Å². The smallest absolute Gasteiger partial charge is 0.257 e. The quantitative estimate of drug-likeness (QED) is 0.922. The summed E-state index contributed by atoms with van der Waals surface area (Å²) >= 11 is 0. The lowest BCUT2D eigenvalue weighted by atomic mass is 9.90. The second-order valence-electron chi connectivity index (χ2n) is 5.53. The highest BCUT2D eigenvalue weighted by atomic mass is 35.5. The highest BCUT2D eigenvalue weighted by molar-refractivity contribution is 5.98. The Morgan fingerprint density at radius 2 is 2.10 bits per heavy atom. The molecule has 0 bridgehead atoms. The van der Waals surface area contributed by atoms with Crippen LogP contribution in [-0.2, 0) is 0 Å². The minimum atomic E-state index is -0.0297. The van der Waals surface area contributed by atoms with Crippen molar-refractivity contribution in [1.82, 2.24) is 4.90 Å². The molecule has 0 saturated carbocycles. The van der Waals surface area contributed by atoms with E-state index < -0.39 is 0 Å². The van der Waals surface area contributed by atoms with Gasteiger partial charge in [0.05, 0.1) is 19.8 Å². The van der Waals surface area contributed by atoms with E-state index in [4.69, 9.17) is 15.2 Å². The summed E-state index contributed by atoms with van der Waals surface area (Å²) in [5, 5.41) is 0.